The molecule has 27 heteroatoms. The van der Waals surface area contributed by atoms with Gasteiger partial charge in [-0.05, 0) is 42.5 Å². The highest BCUT2D eigenvalue weighted by Crippen LogP contribution is 2.46. The fourth-order valence-electron chi connectivity index (χ4n) is 7.76. The van der Waals surface area contributed by atoms with Crippen LogP contribution in [0.15, 0.2) is 18.2 Å². The van der Waals surface area contributed by atoms with Gasteiger partial charge in [0, 0.05) is 33.3 Å². The number of nitrogens with one attached hydrogen (secondary N) is 2. The van der Waals surface area contributed by atoms with Crippen molar-refractivity contribution >= 4 is 52.1 Å². The van der Waals surface area contributed by atoms with E-state index in [4.69, 9.17) is 0 Å². The number of rotatable bonds is 5. The minimum atomic E-state index is -2.89. The Morgan fingerprint density at radius 3 is 0.972 bits per heavy atom. The smallest absolute Gasteiger partial charge is 0.318 e. The van der Waals surface area contributed by atoms with Gasteiger partial charge in [-0.3, -0.25) is 10.1 Å². The quantitative estimate of drug-likeness (QED) is 0.0590. The van der Waals surface area contributed by atoms with Crippen LogP contribution >= 0.6 is 0 Å². The van der Waals surface area contributed by atoms with Gasteiger partial charge in [-0.25, -0.2) is 97.8 Å². The van der Waals surface area contributed by atoms with Gasteiger partial charge in [0.05, 0.1) is 49.8 Å². The third kappa shape index (κ3) is 6.83. The summed E-state index contributed by atoms with van der Waals surface area (Å²) in [6, 6.07) is 1.25. The second-order valence-corrected chi connectivity index (χ2v) is 14.7. The minimum Gasteiger partial charge on any atom is -0.354 e. The maximum atomic E-state index is 16.1. The Kier molecular flexibility index (Phi) is 11.1. The molecule has 7 nitrogen and oxygen atoms in total. The fraction of sp³-hybridized carbons (Fsp3) is 0. The van der Waals surface area contributed by atoms with E-state index < -0.39 is 216 Å². The van der Waals surface area contributed by atoms with Crippen LogP contribution in [-0.4, -0.2) is 24.9 Å². The largest absolute Gasteiger partial charge is 0.354 e. The number of H-pyrrole nitrogens is 2. The summed E-state index contributed by atoms with van der Waals surface area (Å²) < 4.78 is 305. The lowest BCUT2D eigenvalue weighted by atomic mass is 9.96. The molecule has 2 aliphatic rings. The molecule has 0 radical (unpaired) electrons. The first kappa shape index (κ1) is 47.5. The first-order chi connectivity index (χ1) is 33.4. The molecule has 2 aliphatic heterocycles. The normalized spacial score (nSPS) is 12.2. The average molecular weight is 1020 g/mol. The van der Waals surface area contributed by atoms with Crippen molar-refractivity contribution in [1.82, 2.24) is 19.9 Å². The topological polar surface area (TPSA) is 100 Å². The van der Waals surface area contributed by atoms with Crippen molar-refractivity contribution in [3.63, 3.8) is 0 Å². The number of nitro groups is 1. The maximum absolute atomic E-state index is 16.1. The van der Waals surface area contributed by atoms with Gasteiger partial charge in [-0.1, -0.05) is 0 Å². The molecule has 0 spiro atoms. The molecule has 4 aromatic carbocycles. The number of aromatic nitrogens is 4. The number of nitrogens with zero attached hydrogens (tertiary/aromatic N) is 3. The van der Waals surface area contributed by atoms with E-state index in [1.54, 1.807) is 0 Å². The zero-order valence-corrected chi connectivity index (χ0v) is 33.3. The number of benzene rings is 4. The van der Waals surface area contributed by atoms with Crippen LogP contribution in [0, 0.1) is 126 Å². The molecule has 71 heavy (non-hydrogen) atoms. The Hall–Kier alpha value is -8.52. The summed E-state index contributed by atoms with van der Waals surface area (Å²) in [4.78, 5) is 23.2. The summed E-state index contributed by atoms with van der Waals surface area (Å²) in [5, 5.41) is 12.9. The zero-order valence-electron chi connectivity index (χ0n) is 33.3. The van der Waals surface area contributed by atoms with Crippen molar-refractivity contribution in [2.45, 2.75) is 0 Å². The van der Waals surface area contributed by atoms with E-state index in [0.29, 0.717) is 36.4 Å². The molecule has 362 valence electrons. The van der Waals surface area contributed by atoms with Gasteiger partial charge >= 0.3 is 5.69 Å². The van der Waals surface area contributed by atoms with E-state index in [2.05, 4.69) is 15.0 Å². The molecular weight excluding hydrogens is 1010 g/mol. The minimum absolute atomic E-state index is 0.0893. The summed E-state index contributed by atoms with van der Waals surface area (Å²) in [6.45, 7) is 0. The van der Waals surface area contributed by atoms with Crippen LogP contribution < -0.4 is 0 Å². The first-order valence-electron chi connectivity index (χ1n) is 18.8. The second kappa shape index (κ2) is 16.6. The standard InChI is InChI=1S/C44H9F20N5O2/c45-23-16(24(46)32(54)39(61)31(23)53)8-7-15-44(69(70)71)14-6-5-12(67-14)18(21-27(49)35(57)41(63)36(58)28(21)50)10-2-1-9(65-10)17(20-25(47)33(55)40(62)34(56)26(20)48)11-3-4-13(66-11)19(43(8)68-15)22-29(51)37(59)42(64)38(60)30(22)52/h1-7,65,68H. The summed E-state index contributed by atoms with van der Waals surface area (Å²) >= 11 is 0. The van der Waals surface area contributed by atoms with Crippen LogP contribution in [0.25, 0.3) is 90.9 Å². The van der Waals surface area contributed by atoms with E-state index in [9.17, 15) is 45.2 Å². The molecule has 9 rings (SSSR count). The monoisotopic (exact) mass is 1020 g/mol. The molecule has 5 heterocycles. The molecule has 0 fully saturated rings. The molecule has 0 saturated heterocycles. The van der Waals surface area contributed by atoms with Crippen LogP contribution in [0.1, 0.15) is 22.8 Å². The molecule has 0 unspecified atom stereocenters. The molecule has 3 aromatic heterocycles. The molecule has 0 saturated carbocycles. The van der Waals surface area contributed by atoms with Crippen molar-refractivity contribution in [2.75, 3.05) is 0 Å². The molecule has 8 bridgehead atoms. The Morgan fingerprint density at radius 1 is 0.338 bits per heavy atom. The van der Waals surface area contributed by atoms with Crippen molar-refractivity contribution < 1.29 is 92.7 Å². The van der Waals surface area contributed by atoms with Crippen LogP contribution in [0.4, 0.5) is 93.5 Å². The first-order valence-corrected chi connectivity index (χ1v) is 18.8. The highest BCUT2D eigenvalue weighted by molar-refractivity contribution is 6.03. The molecular formula is C44H9F20N5O2. The van der Waals surface area contributed by atoms with Gasteiger partial charge in [0.2, 0.25) is 23.3 Å². The number of fused-ring (bicyclic) bond motifs is 8. The molecule has 2 N–H and O–H groups in total. The van der Waals surface area contributed by atoms with E-state index in [-0.39, 0.29) is 6.07 Å². The molecule has 7 aromatic rings. The molecule has 0 aliphatic carbocycles. The lowest BCUT2D eigenvalue weighted by Crippen LogP contribution is -2.06. The average Bonchev–Trinajstić information content (AvgIpc) is 4.19. The van der Waals surface area contributed by atoms with Gasteiger partial charge in [-0.15, -0.1) is 0 Å². The van der Waals surface area contributed by atoms with E-state index in [0.717, 1.165) is 0 Å². The van der Waals surface area contributed by atoms with Gasteiger partial charge in [0.15, 0.2) is 93.1 Å². The van der Waals surface area contributed by atoms with Crippen molar-refractivity contribution in [3.05, 3.63) is 167 Å². The molecule has 0 atom stereocenters. The van der Waals surface area contributed by atoms with Crippen molar-refractivity contribution in [1.29, 1.82) is 0 Å². The summed E-state index contributed by atoms with van der Waals surface area (Å²) in [5.41, 5.74) is -25.8. The Bertz CT molecular complexity index is 3770. The van der Waals surface area contributed by atoms with Crippen molar-refractivity contribution in [2.24, 2.45) is 0 Å². The zero-order chi connectivity index (χ0) is 51.7. The lowest BCUT2D eigenvalue weighted by Gasteiger charge is -2.13. The highest BCUT2D eigenvalue weighted by Gasteiger charge is 2.36. The van der Waals surface area contributed by atoms with E-state index >= 15 is 52.7 Å². The van der Waals surface area contributed by atoms with Crippen LogP contribution in [0.5, 0.6) is 0 Å². The number of aromatic amines is 2. The van der Waals surface area contributed by atoms with E-state index in [1.807, 2.05) is 4.98 Å². The summed E-state index contributed by atoms with van der Waals surface area (Å²) in [6.07, 6.45) is 1.86. The number of halogens is 20. The second-order valence-electron chi connectivity index (χ2n) is 14.7. The Morgan fingerprint density at radius 2 is 0.620 bits per heavy atom. The third-order valence-corrected chi connectivity index (χ3v) is 10.9. The van der Waals surface area contributed by atoms with Crippen molar-refractivity contribution in [3.8, 4) is 44.5 Å². The van der Waals surface area contributed by atoms with Gasteiger partial charge in [0.25, 0.3) is 0 Å². The SMILES string of the molecule is O=[N+]([O-])c1c2nc(c(-c3c(F)c(F)c(F)c(F)c3F)c3ccc([nH]3)c(-c3c(F)c(F)c(F)c(F)c3F)c3nc(c(-c4c(F)c(F)c(F)c(F)c4F)c4[nH]c1cc4-c1c(F)c(F)c(F)c(F)c1F)C=C3)C=C2. The lowest BCUT2D eigenvalue weighted by molar-refractivity contribution is -0.383. The number of hydrogen-bond donors (Lipinski definition) is 2. The summed E-state index contributed by atoms with van der Waals surface area (Å²) in [7, 11) is 0. The van der Waals surface area contributed by atoms with Crippen LogP contribution in [0.3, 0.4) is 0 Å². The van der Waals surface area contributed by atoms with Gasteiger partial charge in [-0.2, -0.15) is 0 Å². The predicted octanol–water partition coefficient (Wildman–Crippen LogP) is 14.0. The van der Waals surface area contributed by atoms with Gasteiger partial charge < -0.3 is 9.97 Å². The molecule has 0 amide bonds. The Balaban J connectivity index is 1.65. The number of hydrogen-bond acceptors (Lipinski definition) is 4. The fourth-order valence-corrected chi connectivity index (χ4v) is 7.76. The van der Waals surface area contributed by atoms with Crippen LogP contribution in [-0.2, 0) is 0 Å². The third-order valence-electron chi connectivity index (χ3n) is 10.9. The van der Waals surface area contributed by atoms with Crippen LogP contribution in [0.2, 0.25) is 0 Å². The summed E-state index contributed by atoms with van der Waals surface area (Å²) in [5.74, 6) is -55.3. The Labute approximate surface area is 376 Å². The van der Waals surface area contributed by atoms with E-state index in [1.165, 1.54) is 0 Å². The highest BCUT2D eigenvalue weighted by atomic mass is 19.2. The van der Waals surface area contributed by atoms with Gasteiger partial charge in [0.1, 0.15) is 11.2 Å². The predicted molar refractivity (Wildman–Crippen MR) is 206 cm³/mol. The maximum Gasteiger partial charge on any atom is 0.318 e.